The Kier molecular flexibility index (Phi) is 25.8. The summed E-state index contributed by atoms with van der Waals surface area (Å²) in [6.45, 7) is 15.9. The molecule has 4 rings (SSSR count). The Labute approximate surface area is 462 Å². The van der Waals surface area contributed by atoms with Crippen molar-refractivity contribution in [2.75, 3.05) is 55.1 Å². The highest BCUT2D eigenvalue weighted by Crippen LogP contribution is 2.30. The lowest BCUT2D eigenvalue weighted by molar-refractivity contribution is -0.148. The average Bonchev–Trinajstić information content (AvgIpc) is 4.04. The molecule has 19 nitrogen and oxygen atoms in total. The molecule has 0 radical (unpaired) electrons. The molecular formula is C59H88N8O11. The number of ether oxygens (including phenoxy) is 3. The number of rotatable bonds is 31. The third-order valence-electron chi connectivity index (χ3n) is 15.1. The summed E-state index contributed by atoms with van der Waals surface area (Å²) in [6, 6.07) is 13.4. The highest BCUT2D eigenvalue weighted by Gasteiger charge is 2.43. The number of carbonyl (C=O) groups excluding carboxylic acids is 8. The number of likely N-dealkylation sites (N-methyl/N-ethyl adjacent to an activating group) is 2. The van der Waals surface area contributed by atoms with E-state index < -0.39 is 54.3 Å². The Morgan fingerprint density at radius 3 is 2.01 bits per heavy atom. The first-order valence-corrected chi connectivity index (χ1v) is 27.6. The highest BCUT2D eigenvalue weighted by atomic mass is 16.5. The Bertz CT molecular complexity index is 2370. The molecule has 7 amide bonds. The largest absolute Gasteiger partial charge is 0.460 e. The predicted octanol–water partition coefficient (Wildman–Crippen LogP) is 5.54. The zero-order valence-corrected chi connectivity index (χ0v) is 48.4. The summed E-state index contributed by atoms with van der Waals surface area (Å²) in [4.78, 5) is 113. The molecule has 1 saturated heterocycles. The van der Waals surface area contributed by atoms with Crippen LogP contribution in [0.4, 0.5) is 0 Å². The molecule has 0 unspecified atom stereocenters. The quantitative estimate of drug-likeness (QED) is 0.0278. The van der Waals surface area contributed by atoms with Crippen LogP contribution in [0.25, 0.3) is 0 Å². The molecule has 0 aliphatic carbocycles. The second kappa shape index (κ2) is 31.3. The number of hydrazone groups is 1. The van der Waals surface area contributed by atoms with Crippen molar-refractivity contribution in [3.63, 3.8) is 0 Å². The Hall–Kier alpha value is -6.31. The third-order valence-corrected chi connectivity index (χ3v) is 15.1. The number of esters is 1. The second-order valence-corrected chi connectivity index (χ2v) is 21.7. The number of benzene rings is 2. The fourth-order valence-corrected chi connectivity index (χ4v) is 10.6. The lowest BCUT2D eigenvalue weighted by Gasteiger charge is -2.41. The number of nitrogens with zero attached hydrogens (tertiary/aromatic N) is 5. The highest BCUT2D eigenvalue weighted by molar-refractivity contribution is 6.12. The zero-order chi connectivity index (χ0) is 57.8. The van der Waals surface area contributed by atoms with Crippen molar-refractivity contribution in [3.05, 3.63) is 83.4 Å². The summed E-state index contributed by atoms with van der Waals surface area (Å²) in [7, 11) is 8.49. The minimum Gasteiger partial charge on any atom is -0.460 e. The Balaban J connectivity index is 1.39. The normalized spacial score (nSPS) is 17.8. The molecule has 0 spiro atoms. The van der Waals surface area contributed by atoms with Crippen molar-refractivity contribution < 1.29 is 52.6 Å². The Morgan fingerprint density at radius 2 is 1.44 bits per heavy atom. The van der Waals surface area contributed by atoms with Crippen molar-refractivity contribution >= 4 is 53.0 Å². The molecule has 9 atom stereocenters. The maximum Gasteiger partial charge on any atom is 0.338 e. The van der Waals surface area contributed by atoms with E-state index in [9.17, 15) is 38.4 Å². The molecule has 0 aromatic heterocycles. The molecule has 2 aliphatic heterocycles. The van der Waals surface area contributed by atoms with E-state index in [1.165, 1.54) is 24.2 Å². The smallest absolute Gasteiger partial charge is 0.338 e. The van der Waals surface area contributed by atoms with Gasteiger partial charge in [-0.1, -0.05) is 104 Å². The molecule has 19 heteroatoms. The SMILES string of the molecule is CC[C@H](C)[C@@H]([C@@H](CC(=O)N1CCC[C@H]1[C@H](OC)[C@@H](C)C(=O)N[C@H](COC(=O)c1ccc(C(C)=NNC(=O)CCCCCN2C(=O)C=CC2=O)cc1)Cc1ccccc1)OC)N(C)C(=O)[C@@H](NC(=O)[C@H](C(C)C)N(C)C)C(C)C. The van der Waals surface area contributed by atoms with Crippen LogP contribution in [0.2, 0.25) is 0 Å². The van der Waals surface area contributed by atoms with E-state index in [1.54, 1.807) is 62.1 Å². The van der Waals surface area contributed by atoms with Crippen LogP contribution in [0.3, 0.4) is 0 Å². The molecule has 2 aromatic rings. The number of carbonyl (C=O) groups is 8. The fraction of sp³-hybridized carbons (Fsp3) is 0.610. The van der Waals surface area contributed by atoms with E-state index in [1.807, 2.05) is 90.9 Å². The molecule has 0 bridgehead atoms. The number of amides is 7. The molecule has 2 heterocycles. The van der Waals surface area contributed by atoms with E-state index in [-0.39, 0.29) is 84.1 Å². The van der Waals surface area contributed by atoms with Crippen LogP contribution in [-0.2, 0) is 54.2 Å². The van der Waals surface area contributed by atoms with E-state index >= 15 is 0 Å². The van der Waals surface area contributed by atoms with Crippen molar-refractivity contribution in [2.45, 2.75) is 156 Å². The first-order valence-electron chi connectivity index (χ1n) is 27.6. The van der Waals surface area contributed by atoms with Crippen LogP contribution < -0.4 is 16.1 Å². The summed E-state index contributed by atoms with van der Waals surface area (Å²) in [5, 5.41) is 10.4. The van der Waals surface area contributed by atoms with E-state index in [2.05, 4.69) is 21.2 Å². The average molecular weight is 1090 g/mol. The maximum absolute atomic E-state index is 14.5. The summed E-state index contributed by atoms with van der Waals surface area (Å²) < 4.78 is 18.0. The van der Waals surface area contributed by atoms with Crippen molar-refractivity contribution in [1.82, 2.24) is 35.7 Å². The van der Waals surface area contributed by atoms with Gasteiger partial charge >= 0.3 is 5.97 Å². The van der Waals surface area contributed by atoms with Crippen molar-refractivity contribution in [2.24, 2.45) is 28.8 Å². The number of likely N-dealkylation sites (tertiary alicyclic amines) is 1. The van der Waals surface area contributed by atoms with Gasteiger partial charge in [0.1, 0.15) is 12.6 Å². The number of unbranched alkanes of at least 4 members (excludes halogenated alkanes) is 2. The molecular weight excluding hydrogens is 997 g/mol. The van der Waals surface area contributed by atoms with Gasteiger partial charge in [0.2, 0.25) is 29.5 Å². The van der Waals surface area contributed by atoms with Gasteiger partial charge in [-0.3, -0.25) is 43.4 Å². The molecule has 430 valence electrons. The van der Waals surface area contributed by atoms with E-state index in [0.29, 0.717) is 69.3 Å². The van der Waals surface area contributed by atoms with Crippen molar-refractivity contribution in [3.8, 4) is 0 Å². The van der Waals surface area contributed by atoms with Gasteiger partial charge < -0.3 is 34.6 Å². The maximum atomic E-state index is 14.5. The topological polar surface area (TPSA) is 226 Å². The van der Waals surface area contributed by atoms with Gasteiger partial charge in [-0.25, -0.2) is 10.2 Å². The molecule has 2 aromatic carbocycles. The lowest BCUT2D eigenvalue weighted by atomic mass is 9.89. The van der Waals surface area contributed by atoms with E-state index in [0.717, 1.165) is 5.56 Å². The van der Waals surface area contributed by atoms with Crippen molar-refractivity contribution in [1.29, 1.82) is 0 Å². The van der Waals surface area contributed by atoms with Gasteiger partial charge in [-0.2, -0.15) is 5.10 Å². The molecule has 1 fully saturated rings. The van der Waals surface area contributed by atoms with Crippen LogP contribution in [0.15, 0.2) is 71.9 Å². The third kappa shape index (κ3) is 18.1. The molecule has 2 aliphatic rings. The minimum atomic E-state index is -0.803. The van der Waals surface area contributed by atoms with Crippen LogP contribution in [0.5, 0.6) is 0 Å². The predicted molar refractivity (Wildman–Crippen MR) is 299 cm³/mol. The zero-order valence-electron chi connectivity index (χ0n) is 48.4. The number of imide groups is 1. The number of nitrogens with one attached hydrogen (secondary N) is 3. The van der Waals surface area contributed by atoms with Crippen LogP contribution in [0.1, 0.15) is 128 Å². The van der Waals surface area contributed by atoms with Gasteiger partial charge in [0.25, 0.3) is 11.8 Å². The first-order chi connectivity index (χ1) is 37.0. The summed E-state index contributed by atoms with van der Waals surface area (Å²) in [5.41, 5.74) is 4.95. The standard InChI is InChI=1S/C59H88N8O11/c1-14-39(6)54(65(11)58(74)52(37(2)3)61-57(73)53(38(4)5)64(9)10)47(76-12)35-51(71)66-33-21-24-46(66)55(77-13)40(7)56(72)60-45(34-42-22-17-15-18-23-42)36-78-59(75)44-28-26-43(27-29-44)41(8)62-63-48(68)25-19-16-20-32-67-49(69)30-31-50(67)70/h15,17-18,22-23,26-31,37-40,45-47,52-55H,14,16,19-21,24-25,32-36H2,1-13H3,(H,60,72)(H,61,73)(H,63,68)/t39-,40+,45-,46-,47+,52-,53-,54-,55+/m0/s1. The first kappa shape index (κ1) is 64.2. The van der Waals surface area contributed by atoms with Gasteiger partial charge in [0.15, 0.2) is 0 Å². The lowest BCUT2D eigenvalue weighted by Crippen LogP contribution is -2.59. The van der Waals surface area contributed by atoms with Gasteiger partial charge in [-0.05, 0) is 94.1 Å². The molecule has 3 N–H and O–H groups in total. The van der Waals surface area contributed by atoms with Gasteiger partial charge in [0.05, 0.1) is 60.0 Å². The molecule has 78 heavy (non-hydrogen) atoms. The summed E-state index contributed by atoms with van der Waals surface area (Å²) in [6.07, 6.45) is 5.51. The number of methoxy groups -OCH3 is 2. The monoisotopic (exact) mass is 1080 g/mol. The summed E-state index contributed by atoms with van der Waals surface area (Å²) in [5.74, 6) is -3.52. The fourth-order valence-electron chi connectivity index (χ4n) is 10.6. The second-order valence-electron chi connectivity index (χ2n) is 21.7. The van der Waals surface area contributed by atoms with E-state index in [4.69, 9.17) is 14.2 Å². The molecule has 0 saturated carbocycles. The Morgan fingerprint density at radius 1 is 0.795 bits per heavy atom. The van der Waals surface area contributed by atoms with Crippen LogP contribution in [-0.4, -0.2) is 170 Å². The minimum absolute atomic E-state index is 0.0147. The van der Waals surface area contributed by atoms with Gasteiger partial charge in [0, 0.05) is 52.9 Å². The van der Waals surface area contributed by atoms with Crippen LogP contribution >= 0.6 is 0 Å². The van der Waals surface area contributed by atoms with Crippen LogP contribution in [0, 0.1) is 23.7 Å². The number of hydrogen-bond donors (Lipinski definition) is 3. The summed E-state index contributed by atoms with van der Waals surface area (Å²) >= 11 is 0. The van der Waals surface area contributed by atoms with Gasteiger partial charge in [-0.15, -0.1) is 0 Å². The number of hydrogen-bond acceptors (Lipinski definition) is 13.